The molecule has 0 amide bonds. The maximum atomic E-state index is 12.6. The van der Waals surface area contributed by atoms with Gasteiger partial charge in [0, 0.05) is 24.7 Å². The molecule has 0 aromatic heterocycles. The highest BCUT2D eigenvalue weighted by atomic mass is 16.7. The van der Waals surface area contributed by atoms with E-state index in [1.54, 1.807) is 6.08 Å². The van der Waals surface area contributed by atoms with Crippen LogP contribution in [0.3, 0.4) is 0 Å². The van der Waals surface area contributed by atoms with Gasteiger partial charge in [-0.1, -0.05) is 26.8 Å². The Bertz CT molecular complexity index is 640. The molecule has 2 saturated carbocycles. The van der Waals surface area contributed by atoms with Crippen molar-refractivity contribution in [1.82, 2.24) is 0 Å². The summed E-state index contributed by atoms with van der Waals surface area (Å²) in [5.41, 5.74) is -1.41. The molecule has 0 bridgehead atoms. The first-order chi connectivity index (χ1) is 11.9. The van der Waals surface area contributed by atoms with Crippen molar-refractivity contribution in [3.05, 3.63) is 12.7 Å². The summed E-state index contributed by atoms with van der Waals surface area (Å²) in [5, 5.41) is 11.7. The van der Waals surface area contributed by atoms with E-state index in [2.05, 4.69) is 13.5 Å². The molecule has 3 aliphatic rings. The summed E-state index contributed by atoms with van der Waals surface area (Å²) in [4.78, 5) is 24.4. The van der Waals surface area contributed by atoms with Crippen molar-refractivity contribution >= 4 is 11.8 Å². The van der Waals surface area contributed by atoms with Gasteiger partial charge in [0.1, 0.15) is 5.78 Å². The van der Waals surface area contributed by atoms with Gasteiger partial charge in [-0.15, -0.1) is 6.58 Å². The number of rotatable bonds is 2. The molecule has 3 fully saturated rings. The van der Waals surface area contributed by atoms with E-state index in [9.17, 15) is 14.7 Å². The highest BCUT2D eigenvalue weighted by molar-refractivity contribution is 5.85. The molecule has 146 valence electrons. The van der Waals surface area contributed by atoms with E-state index in [0.717, 1.165) is 19.3 Å². The first-order valence-corrected chi connectivity index (χ1v) is 9.66. The van der Waals surface area contributed by atoms with Crippen LogP contribution in [0.1, 0.15) is 66.7 Å². The lowest BCUT2D eigenvalue weighted by atomic mass is 9.45. The molecule has 3 rings (SSSR count). The maximum absolute atomic E-state index is 12.6. The fourth-order valence-electron chi connectivity index (χ4n) is 5.96. The third kappa shape index (κ3) is 2.66. The number of aliphatic hydroxyl groups is 1. The number of ether oxygens (including phenoxy) is 2. The Hall–Kier alpha value is -1.20. The zero-order chi connectivity index (χ0) is 19.5. The first kappa shape index (κ1) is 19.6. The summed E-state index contributed by atoms with van der Waals surface area (Å²) in [6, 6.07) is 0. The van der Waals surface area contributed by atoms with Gasteiger partial charge in [-0.25, -0.2) is 0 Å². The first-order valence-electron chi connectivity index (χ1n) is 9.66. The highest BCUT2D eigenvalue weighted by Gasteiger charge is 2.68. The van der Waals surface area contributed by atoms with Crippen LogP contribution in [0.15, 0.2) is 12.7 Å². The van der Waals surface area contributed by atoms with Crippen LogP contribution >= 0.6 is 0 Å². The summed E-state index contributed by atoms with van der Waals surface area (Å²) in [7, 11) is 0. The normalized spacial score (nSPS) is 47.5. The van der Waals surface area contributed by atoms with E-state index in [4.69, 9.17) is 9.47 Å². The molecule has 6 atom stereocenters. The Labute approximate surface area is 156 Å². The van der Waals surface area contributed by atoms with Crippen LogP contribution in [-0.4, -0.2) is 34.4 Å². The molecule has 2 aliphatic carbocycles. The second-order valence-electron chi connectivity index (χ2n) is 9.50. The van der Waals surface area contributed by atoms with Crippen LogP contribution in [0.4, 0.5) is 0 Å². The summed E-state index contributed by atoms with van der Waals surface area (Å²) < 4.78 is 11.8. The minimum Gasteiger partial charge on any atom is -0.457 e. The molecular weight excluding hydrogens is 332 g/mol. The largest absolute Gasteiger partial charge is 0.457 e. The number of Topliss-reactive ketones (excluding diaryl/α,β-unsaturated/α-hetero) is 1. The number of esters is 1. The molecule has 1 saturated heterocycles. The Kier molecular flexibility index (Phi) is 4.44. The number of hydrogen-bond donors (Lipinski definition) is 1. The van der Waals surface area contributed by atoms with Crippen LogP contribution in [0.5, 0.6) is 0 Å². The van der Waals surface area contributed by atoms with E-state index in [1.807, 2.05) is 20.8 Å². The minimum atomic E-state index is -1.56. The Morgan fingerprint density at radius 2 is 1.92 bits per heavy atom. The molecule has 26 heavy (non-hydrogen) atoms. The van der Waals surface area contributed by atoms with Gasteiger partial charge in [0.05, 0.1) is 5.60 Å². The molecular formula is C21H32O5. The van der Waals surface area contributed by atoms with Crippen molar-refractivity contribution in [2.24, 2.45) is 22.7 Å². The second kappa shape index (κ2) is 5.90. The van der Waals surface area contributed by atoms with Gasteiger partial charge in [0.15, 0.2) is 6.10 Å². The van der Waals surface area contributed by atoms with Crippen LogP contribution in [0.25, 0.3) is 0 Å². The lowest BCUT2D eigenvalue weighted by Gasteiger charge is -2.64. The van der Waals surface area contributed by atoms with Gasteiger partial charge in [-0.05, 0) is 43.9 Å². The summed E-state index contributed by atoms with van der Waals surface area (Å²) in [6.45, 7) is 13.3. The van der Waals surface area contributed by atoms with Crippen molar-refractivity contribution in [2.45, 2.75) is 84.2 Å². The van der Waals surface area contributed by atoms with Crippen LogP contribution in [0.2, 0.25) is 0 Å². The molecule has 0 radical (unpaired) electrons. The highest BCUT2D eigenvalue weighted by Crippen LogP contribution is 2.64. The van der Waals surface area contributed by atoms with Crippen molar-refractivity contribution < 1.29 is 24.2 Å². The summed E-state index contributed by atoms with van der Waals surface area (Å²) in [6.07, 6.45) is 4.09. The van der Waals surface area contributed by atoms with Gasteiger partial charge >= 0.3 is 5.97 Å². The zero-order valence-electron chi connectivity index (χ0n) is 16.6. The van der Waals surface area contributed by atoms with Crippen molar-refractivity contribution in [2.75, 3.05) is 0 Å². The topological polar surface area (TPSA) is 72.8 Å². The van der Waals surface area contributed by atoms with Gasteiger partial charge in [0.25, 0.3) is 0 Å². The fraction of sp³-hybridized carbons (Fsp3) is 0.810. The SMILES string of the molecule is C=C[C@@]1(C)CC[C@H]2[C@](O)(O1)[C@@H](OC(C)=O)CC1C(C)(C)C(=O)CC[C@@]12C. The van der Waals surface area contributed by atoms with Gasteiger partial charge in [-0.2, -0.15) is 0 Å². The van der Waals surface area contributed by atoms with Crippen LogP contribution < -0.4 is 0 Å². The molecule has 0 spiro atoms. The quantitative estimate of drug-likeness (QED) is 0.601. The third-order valence-corrected chi connectivity index (χ3v) is 7.55. The molecule has 1 N–H and O–H groups in total. The lowest BCUT2D eigenvalue weighted by molar-refractivity contribution is -0.380. The Balaban J connectivity index is 2.08. The number of carbonyl (C=O) groups excluding carboxylic acids is 2. The van der Waals surface area contributed by atoms with Gasteiger partial charge in [0.2, 0.25) is 5.79 Å². The number of ketones is 1. The smallest absolute Gasteiger partial charge is 0.303 e. The molecule has 5 heteroatoms. The minimum absolute atomic E-state index is 0.0302. The van der Waals surface area contributed by atoms with Crippen LogP contribution in [0, 0.1) is 22.7 Å². The zero-order valence-corrected chi connectivity index (χ0v) is 16.6. The van der Waals surface area contributed by atoms with E-state index >= 15 is 0 Å². The fourth-order valence-corrected chi connectivity index (χ4v) is 5.96. The monoisotopic (exact) mass is 364 g/mol. The molecule has 1 aliphatic heterocycles. The number of carbonyl (C=O) groups is 2. The number of fused-ring (bicyclic) bond motifs is 3. The Morgan fingerprint density at radius 3 is 2.50 bits per heavy atom. The van der Waals surface area contributed by atoms with Crippen molar-refractivity contribution in [3.63, 3.8) is 0 Å². The molecule has 5 nitrogen and oxygen atoms in total. The average molecular weight is 364 g/mol. The lowest BCUT2D eigenvalue weighted by Crippen LogP contribution is -2.70. The summed E-state index contributed by atoms with van der Waals surface area (Å²) >= 11 is 0. The van der Waals surface area contributed by atoms with Crippen LogP contribution in [-0.2, 0) is 19.1 Å². The Morgan fingerprint density at radius 1 is 1.27 bits per heavy atom. The predicted octanol–water partition coefficient (Wildman–Crippen LogP) is 3.39. The molecule has 1 heterocycles. The number of hydrogen-bond acceptors (Lipinski definition) is 5. The van der Waals surface area contributed by atoms with Gasteiger partial charge in [-0.3, -0.25) is 9.59 Å². The maximum Gasteiger partial charge on any atom is 0.303 e. The second-order valence-corrected chi connectivity index (χ2v) is 9.50. The summed E-state index contributed by atoms with van der Waals surface area (Å²) in [5.74, 6) is -1.92. The van der Waals surface area contributed by atoms with Crippen molar-refractivity contribution in [1.29, 1.82) is 0 Å². The standard InChI is InChI=1S/C21H32O5/c1-7-19(5)10-8-14-20(6)11-9-16(23)18(3,4)15(20)12-17(25-13(2)22)21(14,24)26-19/h7,14-15,17,24H,1,8-12H2,2-6H3/t14-,15?,17+,19+,20-,21+/m1/s1. The third-order valence-electron chi connectivity index (χ3n) is 7.55. The van der Waals surface area contributed by atoms with E-state index < -0.39 is 28.9 Å². The molecule has 0 aromatic rings. The molecule has 1 unspecified atom stereocenters. The predicted molar refractivity (Wildman–Crippen MR) is 97.2 cm³/mol. The van der Waals surface area contributed by atoms with Crippen molar-refractivity contribution in [3.8, 4) is 0 Å². The van der Waals surface area contributed by atoms with Gasteiger partial charge < -0.3 is 14.6 Å². The van der Waals surface area contributed by atoms with E-state index in [0.29, 0.717) is 12.8 Å². The average Bonchev–Trinajstić information content (AvgIpc) is 2.53. The van der Waals surface area contributed by atoms with E-state index in [1.165, 1.54) is 6.92 Å². The van der Waals surface area contributed by atoms with E-state index in [-0.39, 0.29) is 23.0 Å². The molecule has 0 aromatic carbocycles.